The van der Waals surface area contributed by atoms with E-state index in [0.29, 0.717) is 6.54 Å². The average Bonchev–Trinajstić information content (AvgIpc) is 2.73. The van der Waals surface area contributed by atoms with Crippen molar-refractivity contribution in [1.29, 1.82) is 0 Å². The molecule has 1 heterocycles. The van der Waals surface area contributed by atoms with Gasteiger partial charge in [-0.1, -0.05) is 55.5 Å². The number of para-hydroxylation sites is 1. The molecule has 0 aliphatic carbocycles. The van der Waals surface area contributed by atoms with E-state index in [1.807, 2.05) is 62.4 Å². The number of rotatable bonds is 6. The maximum Gasteiger partial charge on any atom is 0.274 e. The van der Waals surface area contributed by atoms with Crippen LogP contribution >= 0.6 is 0 Å². The second-order valence-electron chi connectivity index (χ2n) is 6.48. The van der Waals surface area contributed by atoms with Crippen molar-refractivity contribution in [3.63, 3.8) is 0 Å². The van der Waals surface area contributed by atoms with Crippen LogP contribution in [0.4, 0.5) is 5.69 Å². The van der Waals surface area contributed by atoms with E-state index in [2.05, 4.69) is 15.6 Å². The Hall–Kier alpha value is -3.47. The summed E-state index contributed by atoms with van der Waals surface area (Å²) >= 11 is 0. The van der Waals surface area contributed by atoms with Crippen LogP contribution in [0, 0.1) is 6.92 Å². The van der Waals surface area contributed by atoms with Gasteiger partial charge < -0.3 is 10.6 Å². The molecule has 2 aromatic carbocycles. The predicted molar refractivity (Wildman–Crippen MR) is 110 cm³/mol. The topological polar surface area (TPSA) is 71.1 Å². The van der Waals surface area contributed by atoms with Gasteiger partial charge >= 0.3 is 0 Å². The number of nitrogens with one attached hydrogen (secondary N) is 2. The summed E-state index contributed by atoms with van der Waals surface area (Å²) in [6.07, 6.45) is 0.811. The van der Waals surface area contributed by atoms with Crippen molar-refractivity contribution in [3.05, 3.63) is 94.8 Å². The minimum atomic E-state index is -0.338. The lowest BCUT2D eigenvalue weighted by atomic mass is 10.1. The normalized spacial score (nSPS) is 10.4. The molecule has 2 N–H and O–H groups in total. The highest BCUT2D eigenvalue weighted by Crippen LogP contribution is 2.16. The monoisotopic (exact) mass is 373 g/mol. The number of nitrogens with zero attached hydrogens (tertiary/aromatic N) is 1. The van der Waals surface area contributed by atoms with Crippen LogP contribution in [0.5, 0.6) is 0 Å². The van der Waals surface area contributed by atoms with Crippen LogP contribution in [0.2, 0.25) is 0 Å². The van der Waals surface area contributed by atoms with E-state index in [9.17, 15) is 9.59 Å². The number of aryl methyl sites for hydroxylation is 2. The molecular formula is C23H23N3O2. The fourth-order valence-corrected chi connectivity index (χ4v) is 2.90. The quantitative estimate of drug-likeness (QED) is 0.682. The van der Waals surface area contributed by atoms with Gasteiger partial charge in [-0.25, -0.2) is 4.98 Å². The van der Waals surface area contributed by atoms with Crippen molar-refractivity contribution in [3.8, 4) is 0 Å². The first-order chi connectivity index (χ1) is 13.6. The van der Waals surface area contributed by atoms with E-state index < -0.39 is 0 Å². The molecular weight excluding hydrogens is 350 g/mol. The summed E-state index contributed by atoms with van der Waals surface area (Å²) in [7, 11) is 0. The van der Waals surface area contributed by atoms with Crippen LogP contribution in [-0.4, -0.2) is 16.8 Å². The first kappa shape index (κ1) is 19.3. The lowest BCUT2D eigenvalue weighted by molar-refractivity contribution is 0.0945. The fourth-order valence-electron chi connectivity index (χ4n) is 2.90. The summed E-state index contributed by atoms with van der Waals surface area (Å²) in [6, 6.07) is 20.4. The van der Waals surface area contributed by atoms with E-state index in [0.717, 1.165) is 28.8 Å². The molecule has 0 spiro atoms. The zero-order chi connectivity index (χ0) is 19.9. The van der Waals surface area contributed by atoms with Gasteiger partial charge in [-0.3, -0.25) is 9.59 Å². The smallest absolute Gasteiger partial charge is 0.274 e. The Morgan fingerprint density at radius 2 is 1.46 bits per heavy atom. The molecule has 1 aromatic heterocycles. The van der Waals surface area contributed by atoms with Crippen molar-refractivity contribution < 1.29 is 9.59 Å². The SMILES string of the molecule is CCc1ccccc1NC(=O)c1cccc(C(=O)NCc2ccccc2C)n1. The summed E-state index contributed by atoms with van der Waals surface area (Å²) in [6.45, 7) is 4.44. The third-order valence-electron chi connectivity index (χ3n) is 4.56. The molecule has 5 nitrogen and oxygen atoms in total. The second-order valence-corrected chi connectivity index (χ2v) is 6.48. The maximum atomic E-state index is 12.6. The molecule has 0 atom stereocenters. The molecule has 0 fully saturated rings. The number of anilines is 1. The predicted octanol–water partition coefficient (Wildman–Crippen LogP) is 4.13. The van der Waals surface area contributed by atoms with Crippen LogP contribution in [0.15, 0.2) is 66.7 Å². The Labute approximate surface area is 164 Å². The fraction of sp³-hybridized carbons (Fsp3) is 0.174. The van der Waals surface area contributed by atoms with E-state index in [-0.39, 0.29) is 23.2 Å². The molecule has 0 aliphatic heterocycles. The molecule has 3 aromatic rings. The molecule has 3 rings (SSSR count). The summed E-state index contributed by atoms with van der Waals surface area (Å²) in [5.74, 6) is -0.652. The van der Waals surface area contributed by atoms with Gasteiger partial charge in [0, 0.05) is 12.2 Å². The number of benzene rings is 2. The van der Waals surface area contributed by atoms with E-state index >= 15 is 0 Å². The summed E-state index contributed by atoms with van der Waals surface area (Å²) in [5, 5.41) is 5.73. The first-order valence-electron chi connectivity index (χ1n) is 9.27. The van der Waals surface area contributed by atoms with Gasteiger partial charge in [0.05, 0.1) is 0 Å². The second kappa shape index (κ2) is 8.95. The Bertz CT molecular complexity index is 998. The molecule has 28 heavy (non-hydrogen) atoms. The largest absolute Gasteiger partial charge is 0.347 e. The number of carbonyl (C=O) groups is 2. The molecule has 2 amide bonds. The summed E-state index contributed by atoms with van der Waals surface area (Å²) < 4.78 is 0. The highest BCUT2D eigenvalue weighted by atomic mass is 16.2. The molecule has 142 valence electrons. The van der Waals surface area contributed by atoms with E-state index in [1.54, 1.807) is 18.2 Å². The van der Waals surface area contributed by atoms with Crippen molar-refractivity contribution in [2.45, 2.75) is 26.8 Å². The van der Waals surface area contributed by atoms with Crippen LogP contribution in [0.25, 0.3) is 0 Å². The number of amides is 2. The van der Waals surface area contributed by atoms with Gasteiger partial charge in [-0.05, 0) is 48.2 Å². The molecule has 5 heteroatoms. The Balaban J connectivity index is 1.70. The molecule has 0 saturated heterocycles. The van der Waals surface area contributed by atoms with Crippen molar-refractivity contribution in [2.24, 2.45) is 0 Å². The van der Waals surface area contributed by atoms with Gasteiger partial charge in [-0.2, -0.15) is 0 Å². The highest BCUT2D eigenvalue weighted by molar-refractivity contribution is 6.04. The number of hydrogen-bond donors (Lipinski definition) is 2. The molecule has 0 bridgehead atoms. The average molecular weight is 373 g/mol. The lowest BCUT2D eigenvalue weighted by Crippen LogP contribution is -2.25. The molecule has 0 radical (unpaired) electrons. The van der Waals surface area contributed by atoms with Gasteiger partial charge in [0.25, 0.3) is 11.8 Å². The Morgan fingerprint density at radius 3 is 2.18 bits per heavy atom. The first-order valence-corrected chi connectivity index (χ1v) is 9.27. The minimum Gasteiger partial charge on any atom is -0.347 e. The van der Waals surface area contributed by atoms with Crippen molar-refractivity contribution in [1.82, 2.24) is 10.3 Å². The van der Waals surface area contributed by atoms with Crippen molar-refractivity contribution >= 4 is 17.5 Å². The standard InChI is InChI=1S/C23H23N3O2/c1-3-17-10-6-7-12-19(17)26-23(28)21-14-8-13-20(25-21)22(27)24-15-18-11-5-4-9-16(18)2/h4-14H,3,15H2,1-2H3,(H,24,27)(H,26,28). The third-order valence-corrected chi connectivity index (χ3v) is 4.56. The van der Waals surface area contributed by atoms with Crippen LogP contribution in [0.1, 0.15) is 44.6 Å². The zero-order valence-electron chi connectivity index (χ0n) is 16.0. The van der Waals surface area contributed by atoms with E-state index in [1.165, 1.54) is 0 Å². The van der Waals surface area contributed by atoms with Gasteiger partial charge in [-0.15, -0.1) is 0 Å². The number of aromatic nitrogens is 1. The Kier molecular flexibility index (Phi) is 6.17. The van der Waals surface area contributed by atoms with Gasteiger partial charge in [0.1, 0.15) is 11.4 Å². The molecule has 0 aliphatic rings. The molecule has 0 unspecified atom stereocenters. The number of hydrogen-bond acceptors (Lipinski definition) is 3. The minimum absolute atomic E-state index is 0.203. The maximum absolute atomic E-state index is 12.6. The lowest BCUT2D eigenvalue weighted by Gasteiger charge is -2.10. The molecule has 0 saturated carbocycles. The van der Waals surface area contributed by atoms with Gasteiger partial charge in [0.2, 0.25) is 0 Å². The van der Waals surface area contributed by atoms with Crippen molar-refractivity contribution in [2.75, 3.05) is 5.32 Å². The summed E-state index contributed by atoms with van der Waals surface area (Å²) in [5.41, 5.74) is 4.37. The van der Waals surface area contributed by atoms with E-state index in [4.69, 9.17) is 0 Å². The van der Waals surface area contributed by atoms with Crippen LogP contribution in [-0.2, 0) is 13.0 Å². The zero-order valence-corrected chi connectivity index (χ0v) is 16.0. The van der Waals surface area contributed by atoms with Crippen LogP contribution in [0.3, 0.4) is 0 Å². The summed E-state index contributed by atoms with van der Waals surface area (Å²) in [4.78, 5) is 29.3. The van der Waals surface area contributed by atoms with Crippen LogP contribution < -0.4 is 10.6 Å². The highest BCUT2D eigenvalue weighted by Gasteiger charge is 2.13. The van der Waals surface area contributed by atoms with Gasteiger partial charge in [0.15, 0.2) is 0 Å². The Morgan fingerprint density at radius 1 is 0.821 bits per heavy atom. The number of carbonyl (C=O) groups excluding carboxylic acids is 2. The number of pyridine rings is 1. The third kappa shape index (κ3) is 4.62.